The van der Waals surface area contributed by atoms with Gasteiger partial charge < -0.3 is 9.47 Å². The number of pyridine rings is 1. The molecule has 0 unspecified atom stereocenters. The van der Waals surface area contributed by atoms with Gasteiger partial charge in [0.25, 0.3) is 0 Å². The number of methoxy groups -OCH3 is 2. The molecule has 3 nitrogen and oxygen atoms in total. The van der Waals surface area contributed by atoms with Crippen molar-refractivity contribution >= 4 is 22.5 Å². The number of hydrogen-bond donors (Lipinski definition) is 0. The first-order valence-corrected chi connectivity index (χ1v) is 6.48. The van der Waals surface area contributed by atoms with Crippen LogP contribution < -0.4 is 9.47 Å². The fourth-order valence-electron chi connectivity index (χ4n) is 1.96. The van der Waals surface area contributed by atoms with Gasteiger partial charge >= 0.3 is 0 Å². The van der Waals surface area contributed by atoms with E-state index in [1.165, 1.54) is 0 Å². The number of halogens is 1. The van der Waals surface area contributed by atoms with Gasteiger partial charge in [0, 0.05) is 11.1 Å². The lowest BCUT2D eigenvalue weighted by atomic mass is 9.91. The Bertz CT molecular complexity index is 618. The Labute approximate surface area is 118 Å². The lowest BCUT2D eigenvalue weighted by Gasteiger charge is -2.20. The lowest BCUT2D eigenvalue weighted by molar-refractivity contribution is 0.409. The number of nitrogens with zero attached hydrogens (tertiary/aromatic N) is 1. The summed E-state index contributed by atoms with van der Waals surface area (Å²) < 4.78 is 10.7. The summed E-state index contributed by atoms with van der Waals surface area (Å²) in [6.07, 6.45) is 0. The molecule has 2 rings (SSSR count). The predicted octanol–water partition coefficient (Wildman–Crippen LogP) is 4.20. The lowest BCUT2D eigenvalue weighted by Crippen LogP contribution is -2.13. The minimum absolute atomic E-state index is 0.0775. The Morgan fingerprint density at radius 3 is 2.16 bits per heavy atom. The molecule has 1 heterocycles. The molecule has 0 aliphatic rings. The summed E-state index contributed by atoms with van der Waals surface area (Å²) >= 11 is 6.41. The number of rotatable bonds is 2. The molecule has 0 aliphatic carbocycles. The van der Waals surface area contributed by atoms with E-state index in [4.69, 9.17) is 26.1 Å². The van der Waals surface area contributed by atoms with Crippen LogP contribution in [0.3, 0.4) is 0 Å². The maximum Gasteiger partial charge on any atom is 0.145 e. The van der Waals surface area contributed by atoms with Gasteiger partial charge in [-0.2, -0.15) is 0 Å². The number of benzene rings is 1. The monoisotopic (exact) mass is 279 g/mol. The molecule has 1 aromatic heterocycles. The van der Waals surface area contributed by atoms with E-state index >= 15 is 0 Å². The van der Waals surface area contributed by atoms with Crippen molar-refractivity contribution in [1.29, 1.82) is 0 Å². The van der Waals surface area contributed by atoms with Crippen LogP contribution in [0.4, 0.5) is 0 Å². The maximum atomic E-state index is 6.41. The first-order valence-electron chi connectivity index (χ1n) is 6.10. The average Bonchev–Trinajstić information content (AvgIpc) is 2.36. The predicted molar refractivity (Wildman–Crippen MR) is 78.6 cm³/mol. The van der Waals surface area contributed by atoms with E-state index in [0.29, 0.717) is 16.5 Å². The van der Waals surface area contributed by atoms with Crippen molar-refractivity contribution in [1.82, 2.24) is 4.98 Å². The smallest absolute Gasteiger partial charge is 0.145 e. The van der Waals surface area contributed by atoms with Gasteiger partial charge in [-0.05, 0) is 18.2 Å². The average molecular weight is 280 g/mol. The standard InChI is InChI=1S/C15H18ClNO2/c1-15(2,3)12-8-9(16)13-10(18-4)6-7-11(19-5)14(13)17-12/h6-8H,1-5H3. The topological polar surface area (TPSA) is 31.4 Å². The fraction of sp³-hybridized carbons (Fsp3) is 0.400. The zero-order chi connectivity index (χ0) is 14.2. The first-order chi connectivity index (χ1) is 8.88. The third-order valence-electron chi connectivity index (χ3n) is 3.05. The molecule has 0 fully saturated rings. The molecular formula is C15H18ClNO2. The zero-order valence-corrected chi connectivity index (χ0v) is 12.6. The number of aromatic nitrogens is 1. The van der Waals surface area contributed by atoms with Gasteiger partial charge in [0.05, 0.1) is 24.6 Å². The van der Waals surface area contributed by atoms with E-state index in [9.17, 15) is 0 Å². The van der Waals surface area contributed by atoms with Gasteiger partial charge in [-0.1, -0.05) is 32.4 Å². The molecule has 0 amide bonds. The van der Waals surface area contributed by atoms with Crippen LogP contribution in [0, 0.1) is 0 Å². The second kappa shape index (κ2) is 4.89. The van der Waals surface area contributed by atoms with Crippen LogP contribution in [-0.2, 0) is 5.41 Å². The van der Waals surface area contributed by atoms with Crippen molar-refractivity contribution in [3.8, 4) is 11.5 Å². The Morgan fingerprint density at radius 1 is 1.05 bits per heavy atom. The largest absolute Gasteiger partial charge is 0.496 e. The van der Waals surface area contributed by atoms with Crippen molar-refractivity contribution in [3.63, 3.8) is 0 Å². The van der Waals surface area contributed by atoms with Crippen LogP contribution in [0.2, 0.25) is 5.02 Å². The highest BCUT2D eigenvalue weighted by molar-refractivity contribution is 6.36. The minimum atomic E-state index is -0.0775. The van der Waals surface area contributed by atoms with E-state index in [1.807, 2.05) is 18.2 Å². The Morgan fingerprint density at radius 2 is 1.63 bits per heavy atom. The molecule has 0 saturated heterocycles. The maximum absolute atomic E-state index is 6.41. The van der Waals surface area contributed by atoms with E-state index < -0.39 is 0 Å². The summed E-state index contributed by atoms with van der Waals surface area (Å²) in [5, 5.41) is 1.42. The van der Waals surface area contributed by atoms with Gasteiger partial charge in [0.1, 0.15) is 17.0 Å². The Balaban J connectivity index is 2.86. The van der Waals surface area contributed by atoms with E-state index in [0.717, 1.165) is 16.6 Å². The van der Waals surface area contributed by atoms with Crippen LogP contribution >= 0.6 is 11.6 Å². The third kappa shape index (κ3) is 2.47. The van der Waals surface area contributed by atoms with Crippen LogP contribution in [0.5, 0.6) is 11.5 Å². The molecule has 0 N–H and O–H groups in total. The number of ether oxygens (including phenoxy) is 2. The van der Waals surface area contributed by atoms with E-state index in [-0.39, 0.29) is 5.41 Å². The number of fused-ring (bicyclic) bond motifs is 1. The molecule has 0 bridgehead atoms. The van der Waals surface area contributed by atoms with Crippen molar-refractivity contribution in [2.45, 2.75) is 26.2 Å². The normalized spacial score (nSPS) is 11.7. The minimum Gasteiger partial charge on any atom is -0.496 e. The molecule has 0 atom stereocenters. The summed E-state index contributed by atoms with van der Waals surface area (Å²) in [5.74, 6) is 1.40. The Kier molecular flexibility index (Phi) is 3.59. The second-order valence-corrected chi connectivity index (χ2v) is 5.84. The van der Waals surface area contributed by atoms with Crippen LogP contribution in [0.15, 0.2) is 18.2 Å². The molecule has 0 radical (unpaired) electrons. The molecule has 102 valence electrons. The van der Waals surface area contributed by atoms with Crippen molar-refractivity contribution in [2.24, 2.45) is 0 Å². The first kappa shape index (κ1) is 13.9. The summed E-state index contributed by atoms with van der Waals surface area (Å²) in [7, 11) is 3.25. The van der Waals surface area contributed by atoms with Gasteiger partial charge in [-0.25, -0.2) is 4.98 Å². The van der Waals surface area contributed by atoms with Gasteiger partial charge in [0.15, 0.2) is 0 Å². The van der Waals surface area contributed by atoms with Crippen molar-refractivity contribution in [3.05, 3.63) is 28.9 Å². The van der Waals surface area contributed by atoms with Gasteiger partial charge in [-0.3, -0.25) is 0 Å². The summed E-state index contributed by atoms with van der Waals surface area (Å²) in [6.45, 7) is 6.30. The highest BCUT2D eigenvalue weighted by Crippen LogP contribution is 2.38. The van der Waals surface area contributed by atoms with Crippen LogP contribution in [-0.4, -0.2) is 19.2 Å². The molecule has 0 spiro atoms. The highest BCUT2D eigenvalue weighted by atomic mass is 35.5. The van der Waals surface area contributed by atoms with E-state index in [2.05, 4.69) is 20.8 Å². The quantitative estimate of drug-likeness (QED) is 0.825. The highest BCUT2D eigenvalue weighted by Gasteiger charge is 2.20. The summed E-state index contributed by atoms with van der Waals surface area (Å²) in [4.78, 5) is 4.70. The SMILES string of the molecule is COc1ccc(OC)c2c(Cl)cc(C(C)(C)C)nc12. The summed E-state index contributed by atoms with van der Waals surface area (Å²) in [6, 6.07) is 5.58. The molecule has 1 aromatic carbocycles. The van der Waals surface area contributed by atoms with Crippen molar-refractivity contribution < 1.29 is 9.47 Å². The van der Waals surface area contributed by atoms with E-state index in [1.54, 1.807) is 14.2 Å². The molecule has 19 heavy (non-hydrogen) atoms. The van der Waals surface area contributed by atoms with Gasteiger partial charge in [0.2, 0.25) is 0 Å². The molecule has 2 aromatic rings. The third-order valence-corrected chi connectivity index (χ3v) is 3.34. The van der Waals surface area contributed by atoms with Gasteiger partial charge in [-0.15, -0.1) is 0 Å². The molecule has 0 saturated carbocycles. The van der Waals surface area contributed by atoms with Crippen molar-refractivity contribution in [2.75, 3.05) is 14.2 Å². The Hall–Kier alpha value is -1.48. The van der Waals surface area contributed by atoms with Crippen LogP contribution in [0.1, 0.15) is 26.5 Å². The van der Waals surface area contributed by atoms with Crippen LogP contribution in [0.25, 0.3) is 10.9 Å². The molecular weight excluding hydrogens is 262 g/mol. The molecule has 0 aliphatic heterocycles. The summed E-state index contributed by atoms with van der Waals surface area (Å²) in [5.41, 5.74) is 1.59. The second-order valence-electron chi connectivity index (χ2n) is 5.43. The molecule has 4 heteroatoms. The number of hydrogen-bond acceptors (Lipinski definition) is 3. The zero-order valence-electron chi connectivity index (χ0n) is 11.9. The fourth-order valence-corrected chi connectivity index (χ4v) is 2.25.